The van der Waals surface area contributed by atoms with Gasteiger partial charge in [0.05, 0.1) is 6.20 Å². The maximum absolute atomic E-state index is 9.76. The highest BCUT2D eigenvalue weighted by Crippen LogP contribution is 2.30. The number of benzene rings is 1. The number of hydrogen-bond donors (Lipinski definition) is 1. The molecule has 3 heteroatoms. The Morgan fingerprint density at radius 3 is 2.67 bits per heavy atom. The van der Waals surface area contributed by atoms with Crippen molar-refractivity contribution in [3.8, 4) is 16.9 Å². The number of phenolic OH excluding ortho intramolecular Hbond substituents is 1. The molecule has 0 unspecified atom stereocenters. The van der Waals surface area contributed by atoms with Crippen LogP contribution in [0.4, 0.5) is 0 Å². The first-order valence-electron chi connectivity index (χ1n) is 5.03. The zero-order chi connectivity index (χ0) is 10.8. The van der Waals surface area contributed by atoms with Gasteiger partial charge < -0.3 is 5.11 Å². The Bertz CT molecular complexity index is 474. The first kappa shape index (κ1) is 9.77. The Hall–Kier alpha value is -1.77. The maximum atomic E-state index is 9.76. The van der Waals surface area contributed by atoms with E-state index in [1.54, 1.807) is 12.3 Å². The molecule has 1 aromatic heterocycles. The van der Waals surface area contributed by atoms with E-state index in [9.17, 15) is 5.11 Å². The Morgan fingerprint density at radius 2 is 2.00 bits per heavy atom. The summed E-state index contributed by atoms with van der Waals surface area (Å²) in [4.78, 5) is 0. The highest BCUT2D eigenvalue weighted by Gasteiger charge is 2.11. The molecule has 0 saturated heterocycles. The van der Waals surface area contributed by atoms with Gasteiger partial charge >= 0.3 is 0 Å². The first-order valence-corrected chi connectivity index (χ1v) is 5.03. The summed E-state index contributed by atoms with van der Waals surface area (Å²) in [5, 5.41) is 14.0. The van der Waals surface area contributed by atoms with Crippen LogP contribution in [0, 0.1) is 0 Å². The third kappa shape index (κ3) is 1.61. The minimum Gasteiger partial charge on any atom is -0.507 e. The van der Waals surface area contributed by atoms with Gasteiger partial charge in [0.15, 0.2) is 0 Å². The second kappa shape index (κ2) is 3.77. The molecule has 0 amide bonds. The fraction of sp³-hybridized carbons (Fsp3) is 0.250. The standard InChI is InChI=1S/C12H14N2O/c1-3-11-10(8-13-14(11)2)9-6-4-5-7-12(9)15/h4-8,15H,3H2,1-2H3. The fourth-order valence-corrected chi connectivity index (χ4v) is 1.81. The lowest BCUT2D eigenvalue weighted by atomic mass is 10.0. The Balaban J connectivity index is 2.59. The number of aromatic hydroxyl groups is 1. The van der Waals surface area contributed by atoms with Crippen molar-refractivity contribution >= 4 is 0 Å². The largest absolute Gasteiger partial charge is 0.507 e. The Morgan fingerprint density at radius 1 is 1.27 bits per heavy atom. The van der Waals surface area contributed by atoms with E-state index in [2.05, 4.69) is 12.0 Å². The first-order chi connectivity index (χ1) is 7.24. The highest BCUT2D eigenvalue weighted by molar-refractivity contribution is 5.71. The Kier molecular flexibility index (Phi) is 2.46. The van der Waals surface area contributed by atoms with Crippen molar-refractivity contribution in [3.05, 3.63) is 36.2 Å². The number of hydrogen-bond acceptors (Lipinski definition) is 2. The molecule has 0 saturated carbocycles. The van der Waals surface area contributed by atoms with E-state index >= 15 is 0 Å². The molecule has 0 aliphatic rings. The van der Waals surface area contributed by atoms with Crippen molar-refractivity contribution in [2.75, 3.05) is 0 Å². The van der Waals surface area contributed by atoms with Gasteiger partial charge in [-0.3, -0.25) is 4.68 Å². The van der Waals surface area contributed by atoms with Gasteiger partial charge in [-0.25, -0.2) is 0 Å². The molecule has 1 aromatic carbocycles. The minimum absolute atomic E-state index is 0.306. The third-order valence-corrected chi connectivity index (χ3v) is 2.59. The predicted octanol–water partition coefficient (Wildman–Crippen LogP) is 2.36. The van der Waals surface area contributed by atoms with E-state index in [0.717, 1.165) is 23.2 Å². The fourth-order valence-electron chi connectivity index (χ4n) is 1.81. The highest BCUT2D eigenvalue weighted by atomic mass is 16.3. The summed E-state index contributed by atoms with van der Waals surface area (Å²) >= 11 is 0. The van der Waals surface area contributed by atoms with Crippen LogP contribution in [0.25, 0.3) is 11.1 Å². The van der Waals surface area contributed by atoms with E-state index in [0.29, 0.717) is 5.75 Å². The molecular formula is C12H14N2O. The van der Waals surface area contributed by atoms with Gasteiger partial charge in [-0.05, 0) is 12.5 Å². The van der Waals surface area contributed by atoms with E-state index in [4.69, 9.17) is 0 Å². The molecule has 0 radical (unpaired) electrons. The average Bonchev–Trinajstić information content (AvgIpc) is 2.60. The second-order valence-corrected chi connectivity index (χ2v) is 3.50. The van der Waals surface area contributed by atoms with Gasteiger partial charge in [0.2, 0.25) is 0 Å². The Labute approximate surface area is 89.0 Å². The number of rotatable bonds is 2. The monoisotopic (exact) mass is 202 g/mol. The number of para-hydroxylation sites is 1. The zero-order valence-electron chi connectivity index (χ0n) is 8.94. The SMILES string of the molecule is CCc1c(-c2ccccc2O)cnn1C. The summed E-state index contributed by atoms with van der Waals surface area (Å²) in [5.41, 5.74) is 3.00. The van der Waals surface area contributed by atoms with E-state index < -0.39 is 0 Å². The molecular weight excluding hydrogens is 188 g/mol. The molecule has 0 aliphatic carbocycles. The number of nitrogens with zero attached hydrogens (tertiary/aromatic N) is 2. The normalized spacial score (nSPS) is 10.5. The van der Waals surface area contributed by atoms with E-state index in [1.807, 2.05) is 29.9 Å². The predicted molar refractivity (Wildman–Crippen MR) is 59.7 cm³/mol. The van der Waals surface area contributed by atoms with Crippen LogP contribution < -0.4 is 0 Å². The van der Waals surface area contributed by atoms with Crippen LogP contribution in [-0.4, -0.2) is 14.9 Å². The lowest BCUT2D eigenvalue weighted by molar-refractivity contribution is 0.477. The molecule has 78 valence electrons. The van der Waals surface area contributed by atoms with Crippen molar-refractivity contribution in [1.29, 1.82) is 0 Å². The molecule has 0 bridgehead atoms. The topological polar surface area (TPSA) is 38.1 Å². The molecule has 0 fully saturated rings. The van der Waals surface area contributed by atoms with E-state index in [-0.39, 0.29) is 0 Å². The van der Waals surface area contributed by atoms with Gasteiger partial charge in [-0.2, -0.15) is 5.10 Å². The molecule has 15 heavy (non-hydrogen) atoms. The van der Waals surface area contributed by atoms with Crippen molar-refractivity contribution < 1.29 is 5.11 Å². The minimum atomic E-state index is 0.306. The second-order valence-electron chi connectivity index (χ2n) is 3.50. The summed E-state index contributed by atoms with van der Waals surface area (Å²) < 4.78 is 1.85. The van der Waals surface area contributed by atoms with Crippen molar-refractivity contribution in [2.45, 2.75) is 13.3 Å². The van der Waals surface area contributed by atoms with Crippen LogP contribution in [0.2, 0.25) is 0 Å². The molecule has 2 rings (SSSR count). The smallest absolute Gasteiger partial charge is 0.123 e. The summed E-state index contributed by atoms with van der Waals surface area (Å²) in [5.74, 6) is 0.306. The van der Waals surface area contributed by atoms with Crippen molar-refractivity contribution in [1.82, 2.24) is 9.78 Å². The van der Waals surface area contributed by atoms with Gasteiger partial charge in [0, 0.05) is 23.9 Å². The van der Waals surface area contributed by atoms with Crippen LogP contribution in [0.5, 0.6) is 5.75 Å². The number of phenols is 1. The summed E-state index contributed by atoms with van der Waals surface area (Å²) in [7, 11) is 1.92. The molecule has 0 atom stereocenters. The third-order valence-electron chi connectivity index (χ3n) is 2.59. The molecule has 3 nitrogen and oxygen atoms in total. The lowest BCUT2D eigenvalue weighted by Crippen LogP contribution is -1.97. The average molecular weight is 202 g/mol. The van der Waals surface area contributed by atoms with E-state index in [1.165, 1.54) is 0 Å². The summed E-state index contributed by atoms with van der Waals surface area (Å²) in [6.45, 7) is 2.08. The van der Waals surface area contributed by atoms with Crippen molar-refractivity contribution in [2.24, 2.45) is 7.05 Å². The van der Waals surface area contributed by atoms with Crippen molar-refractivity contribution in [3.63, 3.8) is 0 Å². The van der Waals surface area contributed by atoms with Crippen LogP contribution in [0.1, 0.15) is 12.6 Å². The molecule has 0 aliphatic heterocycles. The number of aryl methyl sites for hydroxylation is 1. The van der Waals surface area contributed by atoms with Gasteiger partial charge in [-0.1, -0.05) is 25.1 Å². The quantitative estimate of drug-likeness (QED) is 0.811. The van der Waals surface area contributed by atoms with Crippen LogP contribution >= 0.6 is 0 Å². The van der Waals surface area contributed by atoms with Gasteiger partial charge in [0.25, 0.3) is 0 Å². The zero-order valence-corrected chi connectivity index (χ0v) is 8.94. The molecule has 1 heterocycles. The van der Waals surface area contributed by atoms with Crippen LogP contribution in [0.3, 0.4) is 0 Å². The molecule has 2 aromatic rings. The number of aromatic nitrogens is 2. The van der Waals surface area contributed by atoms with Crippen LogP contribution in [-0.2, 0) is 13.5 Å². The lowest BCUT2D eigenvalue weighted by Gasteiger charge is -2.05. The summed E-state index contributed by atoms with van der Waals surface area (Å²) in [6, 6.07) is 7.34. The van der Waals surface area contributed by atoms with Gasteiger partial charge in [0.1, 0.15) is 5.75 Å². The molecule has 1 N–H and O–H groups in total. The van der Waals surface area contributed by atoms with Gasteiger partial charge in [-0.15, -0.1) is 0 Å². The summed E-state index contributed by atoms with van der Waals surface area (Å²) in [6.07, 6.45) is 2.70. The molecule has 0 spiro atoms. The maximum Gasteiger partial charge on any atom is 0.123 e. The van der Waals surface area contributed by atoms with Crippen LogP contribution in [0.15, 0.2) is 30.5 Å².